The molecule has 0 aliphatic carbocycles. The average Bonchev–Trinajstić information content (AvgIpc) is 1.91. The Morgan fingerprint density at radius 3 is 1.38 bits per heavy atom. The van der Waals surface area contributed by atoms with Crippen LogP contribution in [0.2, 0.25) is 58.9 Å². The molecule has 94 valence electrons. The molecule has 0 heterocycles. The zero-order chi connectivity index (χ0) is 13.2. The molecule has 0 aromatic heterocycles. The zero-order valence-corrected chi connectivity index (χ0v) is 15.7. The lowest BCUT2D eigenvalue weighted by Crippen LogP contribution is -2.28. The Morgan fingerprint density at radius 2 is 1.12 bits per heavy atom. The van der Waals surface area contributed by atoms with Crippen molar-refractivity contribution >= 4 is 24.2 Å². The van der Waals surface area contributed by atoms with E-state index in [1.165, 1.54) is 0 Å². The van der Waals surface area contributed by atoms with Gasteiger partial charge in [-0.1, -0.05) is 81.6 Å². The molecule has 0 aromatic rings. The summed E-state index contributed by atoms with van der Waals surface area (Å²) in [5.74, 6) is 0. The molecule has 0 nitrogen and oxygen atoms in total. The van der Waals surface area contributed by atoms with E-state index < -0.39 is 24.2 Å². The maximum atomic E-state index is 2.61. The first-order valence-corrected chi connectivity index (χ1v) is 16.9. The minimum Gasteiger partial charge on any atom is -0.0957 e. The van der Waals surface area contributed by atoms with Gasteiger partial charge in [0, 0.05) is 0 Å². The van der Waals surface area contributed by atoms with Crippen LogP contribution in [0.4, 0.5) is 0 Å². The fourth-order valence-corrected chi connectivity index (χ4v) is 6.81. The smallest absolute Gasteiger partial charge is 0.0766 e. The second kappa shape index (κ2) is 5.19. The monoisotopic (exact) mass is 270 g/mol. The van der Waals surface area contributed by atoms with E-state index in [0.717, 1.165) is 0 Å². The summed E-state index contributed by atoms with van der Waals surface area (Å²) < 4.78 is 0. The van der Waals surface area contributed by atoms with E-state index in [1.807, 2.05) is 0 Å². The number of allylic oxidation sites excluding steroid dienone is 2. The normalized spacial score (nSPS) is 15.9. The van der Waals surface area contributed by atoms with Crippen molar-refractivity contribution in [2.45, 2.75) is 58.9 Å². The summed E-state index contributed by atoms with van der Waals surface area (Å²) >= 11 is 0. The molecule has 0 atom stereocenters. The molecule has 3 heteroatoms. The predicted molar refractivity (Wildman–Crippen MR) is 87.3 cm³/mol. The van der Waals surface area contributed by atoms with Gasteiger partial charge in [-0.3, -0.25) is 0 Å². The standard InChI is InChI=1S/C13H30Si3/c1-14(2,3)11-10-13(16(7,8)9)12-15(4,5)6/h10-12H,1-9H3/b11-10+,13-12-. The largest absolute Gasteiger partial charge is 0.0957 e. The second-order valence-corrected chi connectivity index (χ2v) is 23.1. The van der Waals surface area contributed by atoms with Gasteiger partial charge in [0.1, 0.15) is 0 Å². The molecule has 0 aromatic carbocycles. The van der Waals surface area contributed by atoms with Crippen LogP contribution in [0.25, 0.3) is 0 Å². The van der Waals surface area contributed by atoms with Crippen LogP contribution in [-0.2, 0) is 0 Å². The van der Waals surface area contributed by atoms with Gasteiger partial charge in [0.15, 0.2) is 0 Å². The maximum Gasteiger partial charge on any atom is 0.0766 e. The molecular weight excluding hydrogens is 240 g/mol. The second-order valence-electron chi connectivity index (χ2n) is 7.92. The molecule has 0 spiro atoms. The van der Waals surface area contributed by atoms with Gasteiger partial charge in [0.2, 0.25) is 0 Å². The molecule has 0 fully saturated rings. The van der Waals surface area contributed by atoms with Crippen molar-refractivity contribution < 1.29 is 0 Å². The van der Waals surface area contributed by atoms with Crippen molar-refractivity contribution in [3.05, 3.63) is 22.7 Å². The fourth-order valence-electron chi connectivity index (χ4n) is 1.32. The summed E-state index contributed by atoms with van der Waals surface area (Å²) in [4.78, 5) is 0. The summed E-state index contributed by atoms with van der Waals surface area (Å²) in [6.45, 7) is 21.8. The SMILES string of the molecule is C[Si](C)(C)/C=C(/C=C/[Si](C)(C)C)[Si](C)(C)C. The number of hydrogen-bond acceptors (Lipinski definition) is 0. The summed E-state index contributed by atoms with van der Waals surface area (Å²) in [6.07, 6.45) is 2.46. The quantitative estimate of drug-likeness (QED) is 0.492. The van der Waals surface area contributed by atoms with Gasteiger partial charge in [-0.05, 0) is 0 Å². The zero-order valence-electron chi connectivity index (χ0n) is 12.7. The van der Waals surface area contributed by atoms with Gasteiger partial charge < -0.3 is 0 Å². The maximum absolute atomic E-state index is 2.61. The minimum absolute atomic E-state index is 1.06. The van der Waals surface area contributed by atoms with Gasteiger partial charge in [-0.25, -0.2) is 0 Å². The number of hydrogen-bond donors (Lipinski definition) is 0. The van der Waals surface area contributed by atoms with Gasteiger partial charge in [-0.15, -0.1) is 0 Å². The van der Waals surface area contributed by atoms with Crippen LogP contribution >= 0.6 is 0 Å². The molecular formula is C13H30Si3. The molecule has 0 saturated heterocycles. The first-order chi connectivity index (χ1) is 6.81. The van der Waals surface area contributed by atoms with Crippen LogP contribution in [0.15, 0.2) is 22.7 Å². The van der Waals surface area contributed by atoms with Crippen LogP contribution in [0.3, 0.4) is 0 Å². The number of rotatable bonds is 4. The van der Waals surface area contributed by atoms with Crippen molar-refractivity contribution in [2.75, 3.05) is 0 Å². The van der Waals surface area contributed by atoms with Gasteiger partial charge in [-0.2, -0.15) is 0 Å². The Bertz CT molecular complexity index is 280. The Morgan fingerprint density at radius 1 is 0.688 bits per heavy atom. The molecule has 0 rings (SSSR count). The molecule has 16 heavy (non-hydrogen) atoms. The molecule has 0 radical (unpaired) electrons. The third-order valence-corrected chi connectivity index (χ3v) is 6.89. The highest BCUT2D eigenvalue weighted by atomic mass is 28.3. The van der Waals surface area contributed by atoms with E-state index in [1.54, 1.807) is 5.20 Å². The lowest BCUT2D eigenvalue weighted by Gasteiger charge is -2.23. The Hall–Kier alpha value is 0.131. The Labute approximate surface area is 106 Å². The van der Waals surface area contributed by atoms with Crippen LogP contribution in [0, 0.1) is 0 Å². The summed E-state index contributed by atoms with van der Waals surface area (Å²) in [5, 5.41) is 1.66. The third-order valence-electron chi connectivity index (χ3n) is 2.22. The molecule has 0 saturated carbocycles. The van der Waals surface area contributed by atoms with Crippen LogP contribution in [0.1, 0.15) is 0 Å². The third kappa shape index (κ3) is 8.30. The van der Waals surface area contributed by atoms with Crippen LogP contribution < -0.4 is 0 Å². The molecule has 0 aliphatic rings. The summed E-state index contributed by atoms with van der Waals surface area (Å²) in [6, 6.07) is 0. The molecule has 0 amide bonds. The highest BCUT2D eigenvalue weighted by Gasteiger charge is 2.21. The van der Waals surface area contributed by atoms with Crippen molar-refractivity contribution in [1.82, 2.24) is 0 Å². The predicted octanol–water partition coefficient (Wildman–Crippen LogP) is 5.10. The van der Waals surface area contributed by atoms with Crippen molar-refractivity contribution in [1.29, 1.82) is 0 Å². The van der Waals surface area contributed by atoms with Gasteiger partial charge in [0.25, 0.3) is 0 Å². The lowest BCUT2D eigenvalue weighted by atomic mass is 10.6. The van der Waals surface area contributed by atoms with Gasteiger partial charge >= 0.3 is 0 Å². The van der Waals surface area contributed by atoms with E-state index in [2.05, 4.69) is 76.4 Å². The molecule has 0 aliphatic heterocycles. The van der Waals surface area contributed by atoms with Crippen molar-refractivity contribution in [3.63, 3.8) is 0 Å². The first kappa shape index (κ1) is 16.1. The molecule has 0 unspecified atom stereocenters. The Balaban J connectivity index is 5.16. The topological polar surface area (TPSA) is 0 Å². The molecule has 0 bridgehead atoms. The highest BCUT2D eigenvalue weighted by Crippen LogP contribution is 2.20. The minimum atomic E-state index is -1.16. The average molecular weight is 271 g/mol. The fraction of sp³-hybridized carbons (Fsp3) is 0.692. The van der Waals surface area contributed by atoms with Gasteiger partial charge in [0.05, 0.1) is 24.2 Å². The summed E-state index contributed by atoms with van der Waals surface area (Å²) in [5.41, 5.74) is 5.10. The summed E-state index contributed by atoms with van der Waals surface area (Å²) in [7, 11) is -3.31. The van der Waals surface area contributed by atoms with Crippen LogP contribution in [-0.4, -0.2) is 24.2 Å². The first-order valence-electron chi connectivity index (χ1n) is 6.24. The molecule has 0 N–H and O–H groups in total. The van der Waals surface area contributed by atoms with E-state index in [-0.39, 0.29) is 0 Å². The van der Waals surface area contributed by atoms with E-state index >= 15 is 0 Å². The van der Waals surface area contributed by atoms with Crippen molar-refractivity contribution in [2.24, 2.45) is 0 Å². The van der Waals surface area contributed by atoms with E-state index in [0.29, 0.717) is 0 Å². The van der Waals surface area contributed by atoms with E-state index in [9.17, 15) is 0 Å². The van der Waals surface area contributed by atoms with E-state index in [4.69, 9.17) is 0 Å². The lowest BCUT2D eigenvalue weighted by molar-refractivity contribution is 1.63. The Kier molecular flexibility index (Phi) is 5.23. The highest BCUT2D eigenvalue weighted by molar-refractivity contribution is 6.88. The van der Waals surface area contributed by atoms with Crippen LogP contribution in [0.5, 0.6) is 0 Å². The van der Waals surface area contributed by atoms with Crippen molar-refractivity contribution in [3.8, 4) is 0 Å².